The maximum absolute atomic E-state index is 3.51. The van der Waals surface area contributed by atoms with Gasteiger partial charge in [0.25, 0.3) is 0 Å². The molecule has 0 bridgehead atoms. The molecular weight excluding hydrogens is 164 g/mol. The van der Waals surface area contributed by atoms with E-state index in [1.165, 1.54) is 6.42 Å². The van der Waals surface area contributed by atoms with Crippen molar-refractivity contribution in [1.82, 2.24) is 0 Å². The average Bonchev–Trinajstić information content (AvgIpc) is 1.67. The topological polar surface area (TPSA) is 0 Å². The van der Waals surface area contributed by atoms with Crippen molar-refractivity contribution < 1.29 is 0 Å². The third-order valence-corrected chi connectivity index (χ3v) is 2.17. The van der Waals surface area contributed by atoms with E-state index < -0.39 is 0 Å². The first-order valence-electron chi connectivity index (χ1n) is 3.15. The lowest BCUT2D eigenvalue weighted by Gasteiger charge is -2.10. The summed E-state index contributed by atoms with van der Waals surface area (Å²) >= 11 is 3.51. The molecule has 0 saturated heterocycles. The van der Waals surface area contributed by atoms with Gasteiger partial charge in [-0.2, -0.15) is 0 Å². The van der Waals surface area contributed by atoms with Gasteiger partial charge in [-0.3, -0.25) is 0 Å². The van der Waals surface area contributed by atoms with Crippen LogP contribution in [0.4, 0.5) is 0 Å². The minimum Gasteiger partial charge on any atom is -0.0891 e. The summed E-state index contributed by atoms with van der Waals surface area (Å²) in [5, 5.41) is 0. The van der Waals surface area contributed by atoms with E-state index in [0.29, 0.717) is 10.7 Å². The first-order chi connectivity index (χ1) is 3.68. The number of halogens is 1. The lowest BCUT2D eigenvalue weighted by atomic mass is 10.0. The van der Waals surface area contributed by atoms with Crippen LogP contribution in [0.25, 0.3) is 0 Å². The van der Waals surface area contributed by atoms with Crippen molar-refractivity contribution in [3.63, 3.8) is 0 Å². The monoisotopic (exact) mass is 177 g/mol. The Hall–Kier alpha value is 0.480. The van der Waals surface area contributed by atoms with Crippen LogP contribution in [0.15, 0.2) is 0 Å². The van der Waals surface area contributed by atoms with Crippen LogP contribution in [-0.4, -0.2) is 4.83 Å². The third-order valence-electron chi connectivity index (χ3n) is 1.33. The van der Waals surface area contributed by atoms with E-state index in [-0.39, 0.29) is 0 Å². The minimum absolute atomic E-state index is 0.627. The van der Waals surface area contributed by atoms with Gasteiger partial charge in [-0.1, -0.05) is 43.1 Å². The Balaban J connectivity index is 3.17. The van der Waals surface area contributed by atoms with E-state index in [4.69, 9.17) is 0 Å². The molecule has 0 rings (SSSR count). The molecule has 0 aliphatic carbocycles. The quantitative estimate of drug-likeness (QED) is 0.582. The zero-order valence-corrected chi connectivity index (χ0v) is 7.40. The third kappa shape index (κ3) is 3.48. The highest BCUT2D eigenvalue weighted by molar-refractivity contribution is 9.09. The number of alkyl halides is 1. The standard InChI is InChI=1S/C7H14Br/c1-4-5-6(2)7(3)8/h5-7H,4H2,1-3H3. The Morgan fingerprint density at radius 1 is 1.50 bits per heavy atom. The van der Waals surface area contributed by atoms with Gasteiger partial charge in [-0.05, 0) is 12.3 Å². The van der Waals surface area contributed by atoms with Gasteiger partial charge in [0, 0.05) is 4.83 Å². The number of rotatable bonds is 3. The normalized spacial score (nSPS) is 18.0. The molecule has 2 unspecified atom stereocenters. The predicted octanol–water partition coefficient (Wildman–Crippen LogP) is 3.02. The summed E-state index contributed by atoms with van der Waals surface area (Å²) in [7, 11) is 0. The second-order valence-electron chi connectivity index (χ2n) is 2.18. The number of hydrogen-bond acceptors (Lipinski definition) is 0. The van der Waals surface area contributed by atoms with Crippen LogP contribution in [0, 0.1) is 12.3 Å². The van der Waals surface area contributed by atoms with Crippen LogP contribution in [0.5, 0.6) is 0 Å². The highest BCUT2D eigenvalue weighted by Crippen LogP contribution is 2.15. The van der Waals surface area contributed by atoms with E-state index in [1.807, 2.05) is 0 Å². The minimum atomic E-state index is 0.627. The van der Waals surface area contributed by atoms with Crippen LogP contribution < -0.4 is 0 Å². The first-order valence-corrected chi connectivity index (χ1v) is 4.07. The van der Waals surface area contributed by atoms with Crippen molar-refractivity contribution in [2.45, 2.75) is 32.0 Å². The summed E-state index contributed by atoms with van der Waals surface area (Å²) in [4.78, 5) is 0.627. The molecule has 0 aromatic rings. The van der Waals surface area contributed by atoms with Gasteiger partial charge in [-0.25, -0.2) is 0 Å². The summed E-state index contributed by atoms with van der Waals surface area (Å²) in [5.74, 6) is 0.708. The van der Waals surface area contributed by atoms with Crippen LogP contribution >= 0.6 is 15.9 Å². The molecule has 0 aromatic carbocycles. The van der Waals surface area contributed by atoms with Gasteiger partial charge in [0.05, 0.1) is 0 Å². The molecule has 0 aliphatic rings. The maximum atomic E-state index is 3.51. The van der Waals surface area contributed by atoms with Gasteiger partial charge < -0.3 is 0 Å². The molecular formula is C7H14Br. The van der Waals surface area contributed by atoms with Crippen molar-refractivity contribution in [2.24, 2.45) is 5.92 Å². The Labute approximate surface area is 60.8 Å². The van der Waals surface area contributed by atoms with Gasteiger partial charge in [0.2, 0.25) is 0 Å². The van der Waals surface area contributed by atoms with Crippen LogP contribution in [0.1, 0.15) is 27.2 Å². The molecule has 2 atom stereocenters. The fourth-order valence-corrected chi connectivity index (χ4v) is 0.775. The summed E-state index contributed by atoms with van der Waals surface area (Å²) in [6.45, 7) is 6.58. The highest BCUT2D eigenvalue weighted by Gasteiger charge is 2.05. The van der Waals surface area contributed by atoms with Crippen molar-refractivity contribution in [3.8, 4) is 0 Å². The highest BCUT2D eigenvalue weighted by atomic mass is 79.9. The summed E-state index contributed by atoms with van der Waals surface area (Å²) in [5.41, 5.74) is 0. The largest absolute Gasteiger partial charge is 0.0891 e. The van der Waals surface area contributed by atoms with Crippen molar-refractivity contribution in [2.75, 3.05) is 0 Å². The zero-order valence-electron chi connectivity index (χ0n) is 5.82. The van der Waals surface area contributed by atoms with Gasteiger partial charge in [0.15, 0.2) is 0 Å². The fraction of sp³-hybridized carbons (Fsp3) is 0.857. The van der Waals surface area contributed by atoms with E-state index in [9.17, 15) is 0 Å². The second kappa shape index (κ2) is 4.37. The van der Waals surface area contributed by atoms with E-state index in [2.05, 4.69) is 43.1 Å². The SMILES string of the molecule is CC[CH]C(C)C(C)Br. The summed E-state index contributed by atoms with van der Waals surface area (Å²) < 4.78 is 0. The smallest absolute Gasteiger partial charge is 0.0145 e. The van der Waals surface area contributed by atoms with Crippen molar-refractivity contribution in [1.29, 1.82) is 0 Å². The average molecular weight is 178 g/mol. The molecule has 0 nitrogen and oxygen atoms in total. The Morgan fingerprint density at radius 2 is 2.00 bits per heavy atom. The molecule has 0 fully saturated rings. The maximum Gasteiger partial charge on any atom is 0.0145 e. The van der Waals surface area contributed by atoms with Gasteiger partial charge >= 0.3 is 0 Å². The molecule has 0 spiro atoms. The molecule has 0 aliphatic heterocycles. The molecule has 1 heteroatoms. The van der Waals surface area contributed by atoms with Crippen LogP contribution in [0.2, 0.25) is 0 Å². The van der Waals surface area contributed by atoms with Gasteiger partial charge in [0.1, 0.15) is 0 Å². The van der Waals surface area contributed by atoms with E-state index in [1.54, 1.807) is 0 Å². The van der Waals surface area contributed by atoms with Crippen LogP contribution in [-0.2, 0) is 0 Å². The van der Waals surface area contributed by atoms with E-state index >= 15 is 0 Å². The second-order valence-corrected chi connectivity index (χ2v) is 3.62. The Morgan fingerprint density at radius 3 is 2.12 bits per heavy atom. The van der Waals surface area contributed by atoms with Crippen molar-refractivity contribution >= 4 is 15.9 Å². The molecule has 0 saturated carbocycles. The lowest BCUT2D eigenvalue weighted by Crippen LogP contribution is -2.05. The molecule has 8 heavy (non-hydrogen) atoms. The molecule has 0 aromatic heterocycles. The van der Waals surface area contributed by atoms with Crippen molar-refractivity contribution in [3.05, 3.63) is 6.42 Å². The molecule has 1 radical (unpaired) electrons. The first kappa shape index (κ1) is 8.48. The predicted molar refractivity (Wildman–Crippen MR) is 42.1 cm³/mol. The number of hydrogen-bond donors (Lipinski definition) is 0. The summed E-state index contributed by atoms with van der Waals surface area (Å²) in [6.07, 6.45) is 3.50. The zero-order chi connectivity index (χ0) is 6.57. The lowest BCUT2D eigenvalue weighted by molar-refractivity contribution is 0.648. The molecule has 0 amide bonds. The molecule has 0 N–H and O–H groups in total. The molecule has 0 heterocycles. The van der Waals surface area contributed by atoms with Gasteiger partial charge in [-0.15, -0.1) is 0 Å². The summed E-state index contributed by atoms with van der Waals surface area (Å²) in [6, 6.07) is 0. The Bertz CT molecular complexity index is 50.3. The molecule has 49 valence electrons. The van der Waals surface area contributed by atoms with E-state index in [0.717, 1.165) is 0 Å². The Kier molecular flexibility index (Phi) is 4.63. The van der Waals surface area contributed by atoms with Crippen LogP contribution in [0.3, 0.4) is 0 Å². The fourth-order valence-electron chi connectivity index (χ4n) is 0.559.